The van der Waals surface area contributed by atoms with Crippen molar-refractivity contribution in [2.45, 2.75) is 52.0 Å². The summed E-state index contributed by atoms with van der Waals surface area (Å²) in [5.74, 6) is -0.446. The van der Waals surface area contributed by atoms with E-state index in [1.165, 1.54) is 15.2 Å². The van der Waals surface area contributed by atoms with E-state index in [1.54, 1.807) is 15.2 Å². The Kier molecular flexibility index (Phi) is 5.69. The van der Waals surface area contributed by atoms with Crippen LogP contribution in [0.1, 0.15) is 51.3 Å². The topological polar surface area (TPSA) is 66.9 Å². The third kappa shape index (κ3) is 3.47. The maximum atomic E-state index is 13.8. The second-order valence-corrected chi connectivity index (χ2v) is 12.1. The molecule has 2 aromatic rings. The average Bonchev–Trinajstić information content (AvgIpc) is 3.29. The zero-order valence-corrected chi connectivity index (χ0v) is 21.3. The predicted molar refractivity (Wildman–Crippen MR) is 132 cm³/mol. The van der Waals surface area contributed by atoms with E-state index in [0.717, 1.165) is 51.2 Å². The molecule has 9 heteroatoms. The Morgan fingerprint density at radius 3 is 2.45 bits per heavy atom. The fourth-order valence-electron chi connectivity index (χ4n) is 5.50. The second kappa shape index (κ2) is 8.29. The molecule has 1 saturated heterocycles. The van der Waals surface area contributed by atoms with Gasteiger partial charge in [0.15, 0.2) is 0 Å². The number of anilines is 1. The molecule has 0 bridgehead atoms. The van der Waals surface area contributed by atoms with E-state index in [9.17, 15) is 14.4 Å². The van der Waals surface area contributed by atoms with Crippen LogP contribution in [0.4, 0.5) is 5.69 Å². The van der Waals surface area contributed by atoms with Gasteiger partial charge in [0.2, 0.25) is 17.7 Å². The van der Waals surface area contributed by atoms with Crippen LogP contribution in [0.2, 0.25) is 0 Å². The third-order valence-electron chi connectivity index (χ3n) is 7.01. The molecular formula is C24H26N2O4S3. The van der Waals surface area contributed by atoms with Gasteiger partial charge in [0.25, 0.3) is 0 Å². The Hall–Kier alpha value is -2.10. The first kappa shape index (κ1) is 22.7. The van der Waals surface area contributed by atoms with Gasteiger partial charge in [-0.3, -0.25) is 24.2 Å². The lowest BCUT2D eigenvalue weighted by atomic mass is 9.81. The van der Waals surface area contributed by atoms with Crippen molar-refractivity contribution in [1.82, 2.24) is 4.90 Å². The fraction of sp³-hybridized carbons (Fsp3) is 0.500. The number of imide groups is 1. The van der Waals surface area contributed by atoms with E-state index in [1.807, 2.05) is 39.0 Å². The summed E-state index contributed by atoms with van der Waals surface area (Å²) in [6.07, 6.45) is 3.39. The predicted octanol–water partition coefficient (Wildman–Crippen LogP) is 5.36. The average molecular weight is 503 g/mol. The number of fused-ring (bicyclic) bond motifs is 4. The highest BCUT2D eigenvalue weighted by atomic mass is 32.9. The Morgan fingerprint density at radius 2 is 1.82 bits per heavy atom. The highest BCUT2D eigenvalue weighted by Gasteiger charge is 2.50. The van der Waals surface area contributed by atoms with E-state index in [-0.39, 0.29) is 36.1 Å². The lowest BCUT2D eigenvalue weighted by Gasteiger charge is -2.43. The van der Waals surface area contributed by atoms with E-state index < -0.39 is 5.54 Å². The Balaban J connectivity index is 1.54. The summed E-state index contributed by atoms with van der Waals surface area (Å²) in [7, 11) is 3.10. The molecule has 0 spiro atoms. The molecule has 33 heavy (non-hydrogen) atoms. The maximum absolute atomic E-state index is 13.8. The van der Waals surface area contributed by atoms with Crippen LogP contribution in [0.3, 0.4) is 0 Å². The lowest BCUT2D eigenvalue weighted by Crippen LogP contribution is -2.52. The summed E-state index contributed by atoms with van der Waals surface area (Å²) in [4.78, 5) is 43.7. The van der Waals surface area contributed by atoms with Crippen LogP contribution in [0, 0.1) is 15.7 Å². The molecule has 0 radical (unpaired) electrons. The fourth-order valence-corrected chi connectivity index (χ4v) is 8.79. The summed E-state index contributed by atoms with van der Waals surface area (Å²) in [6.45, 7) is 6.22. The van der Waals surface area contributed by atoms with Gasteiger partial charge < -0.3 is 4.74 Å². The van der Waals surface area contributed by atoms with Crippen LogP contribution in [-0.2, 0) is 19.9 Å². The minimum atomic E-state index is -0.663. The van der Waals surface area contributed by atoms with Crippen molar-refractivity contribution in [3.8, 4) is 16.9 Å². The van der Waals surface area contributed by atoms with Crippen LogP contribution in [0.5, 0.6) is 5.75 Å². The van der Waals surface area contributed by atoms with Gasteiger partial charge in [-0.1, -0.05) is 45.7 Å². The van der Waals surface area contributed by atoms with Gasteiger partial charge in [-0.25, -0.2) is 0 Å². The normalized spacial score (nSPS) is 23.2. The second-order valence-electron chi connectivity index (χ2n) is 9.32. The highest BCUT2D eigenvalue weighted by molar-refractivity contribution is 7.80. The van der Waals surface area contributed by atoms with Gasteiger partial charge >= 0.3 is 0 Å². The number of hydrogen-bond donors (Lipinski definition) is 0. The van der Waals surface area contributed by atoms with Crippen molar-refractivity contribution in [2.24, 2.45) is 11.8 Å². The molecule has 2 fully saturated rings. The van der Waals surface area contributed by atoms with Crippen molar-refractivity contribution in [2.75, 3.05) is 18.1 Å². The first-order chi connectivity index (χ1) is 15.8. The van der Waals surface area contributed by atoms with Crippen LogP contribution in [-0.4, -0.2) is 35.8 Å². The molecular weight excluding hydrogens is 476 g/mol. The number of ether oxygens (including phenoxy) is 1. The molecule has 3 heterocycles. The summed E-state index contributed by atoms with van der Waals surface area (Å²) in [5, 5.41) is 0. The standard InChI is InChI=1S/C24H26N2O4S3/c1-4-30-13-9-10-17-16(11-13)19-20(32-33-23(19)31)24(2,3)26(17)18(27)12-25-21(28)14-7-5-6-8-15(14)22(25)29/h9-11,14-15H,4-8,12H2,1-3H3/t14-,15-/m1/s1. The number of carbonyl (C=O) groups is 3. The summed E-state index contributed by atoms with van der Waals surface area (Å²) in [6, 6.07) is 5.67. The molecule has 0 N–H and O–H groups in total. The van der Waals surface area contributed by atoms with Gasteiger partial charge in [0.05, 0.1) is 34.5 Å². The summed E-state index contributed by atoms with van der Waals surface area (Å²) >= 11 is 5.66. The first-order valence-electron chi connectivity index (χ1n) is 11.3. The third-order valence-corrected chi connectivity index (χ3v) is 10.3. The minimum Gasteiger partial charge on any atom is -0.494 e. The van der Waals surface area contributed by atoms with Crippen molar-refractivity contribution in [3.05, 3.63) is 26.9 Å². The zero-order chi connectivity index (χ0) is 23.5. The van der Waals surface area contributed by atoms with E-state index >= 15 is 0 Å². The van der Waals surface area contributed by atoms with Gasteiger partial charge in [-0.05, 0) is 51.8 Å². The molecule has 2 aliphatic heterocycles. The summed E-state index contributed by atoms with van der Waals surface area (Å²) in [5.41, 5.74) is 1.90. The van der Waals surface area contributed by atoms with E-state index in [2.05, 4.69) is 0 Å². The highest BCUT2D eigenvalue weighted by Crippen LogP contribution is 2.53. The van der Waals surface area contributed by atoms with Crippen LogP contribution < -0.4 is 9.64 Å². The minimum absolute atomic E-state index is 0.188. The van der Waals surface area contributed by atoms with Gasteiger partial charge in [-0.15, -0.1) is 0 Å². The Morgan fingerprint density at radius 1 is 1.15 bits per heavy atom. The number of rotatable bonds is 4. The number of carbonyl (C=O) groups excluding carboxylic acids is 3. The molecule has 3 aliphatic rings. The number of benzene rings is 1. The van der Waals surface area contributed by atoms with Crippen LogP contribution in [0.15, 0.2) is 18.2 Å². The largest absolute Gasteiger partial charge is 0.494 e. The molecule has 2 atom stereocenters. The molecule has 6 nitrogen and oxygen atoms in total. The van der Waals surface area contributed by atoms with Gasteiger partial charge in [0.1, 0.15) is 16.1 Å². The van der Waals surface area contributed by atoms with Gasteiger partial charge in [-0.2, -0.15) is 0 Å². The van der Waals surface area contributed by atoms with Crippen molar-refractivity contribution < 1.29 is 19.1 Å². The monoisotopic (exact) mass is 502 g/mol. The SMILES string of the molecule is CCOc1ccc2c(c1)-c1c(ssc1=S)C(C)(C)N2C(=O)CN1C(=O)[C@@H]2CCCC[C@H]2C1=O. The molecule has 174 valence electrons. The van der Waals surface area contributed by atoms with Crippen LogP contribution in [0.25, 0.3) is 11.1 Å². The summed E-state index contributed by atoms with van der Waals surface area (Å²) < 4.78 is 6.50. The van der Waals surface area contributed by atoms with E-state index in [0.29, 0.717) is 12.4 Å². The molecule has 0 unspecified atom stereocenters. The molecule has 5 rings (SSSR count). The van der Waals surface area contributed by atoms with Crippen LogP contribution >= 0.6 is 32.9 Å². The number of hydrogen-bond acceptors (Lipinski definition) is 7. The van der Waals surface area contributed by atoms with E-state index in [4.69, 9.17) is 17.0 Å². The molecule has 1 aromatic carbocycles. The smallest absolute Gasteiger partial charge is 0.247 e. The Labute approximate surface area is 205 Å². The number of nitrogens with zero attached hydrogens (tertiary/aromatic N) is 2. The first-order valence-corrected chi connectivity index (χ1v) is 13.9. The van der Waals surface area contributed by atoms with Crippen molar-refractivity contribution in [3.63, 3.8) is 0 Å². The van der Waals surface area contributed by atoms with Gasteiger partial charge in [0, 0.05) is 11.1 Å². The number of likely N-dealkylation sites (tertiary alicyclic amines) is 1. The maximum Gasteiger partial charge on any atom is 0.247 e. The van der Waals surface area contributed by atoms with Crippen molar-refractivity contribution in [1.29, 1.82) is 0 Å². The Bertz CT molecular complexity index is 1190. The lowest BCUT2D eigenvalue weighted by molar-refractivity contribution is -0.143. The number of amides is 3. The zero-order valence-electron chi connectivity index (χ0n) is 18.9. The van der Waals surface area contributed by atoms with Crippen molar-refractivity contribution >= 4 is 56.3 Å². The molecule has 1 saturated carbocycles. The molecule has 3 amide bonds. The quantitative estimate of drug-likeness (QED) is 0.320. The molecule has 1 aromatic heterocycles. The molecule has 1 aliphatic carbocycles.